The minimum atomic E-state index is -4.70. The Morgan fingerprint density at radius 3 is 2.63 bits per heavy atom. The Morgan fingerprint density at radius 1 is 1.11 bits per heavy atom. The Balaban J connectivity index is 1.47. The number of amides is 1. The van der Waals surface area contributed by atoms with Gasteiger partial charge in [0.15, 0.2) is 11.5 Å². The Morgan fingerprint density at radius 2 is 1.89 bits per heavy atom. The van der Waals surface area contributed by atoms with Crippen LogP contribution in [0.15, 0.2) is 36.5 Å². The third kappa shape index (κ3) is 4.04. The van der Waals surface area contributed by atoms with Gasteiger partial charge in [-0.25, -0.2) is 4.39 Å². The summed E-state index contributed by atoms with van der Waals surface area (Å²) in [6, 6.07) is 7.48. The van der Waals surface area contributed by atoms with Crippen LogP contribution in [-0.2, 0) is 19.1 Å². The highest BCUT2D eigenvalue weighted by molar-refractivity contribution is 6.04. The second-order valence-corrected chi connectivity index (χ2v) is 8.27. The van der Waals surface area contributed by atoms with Crippen molar-refractivity contribution < 1.29 is 22.4 Å². The van der Waals surface area contributed by atoms with Crippen LogP contribution in [0.5, 0.6) is 0 Å². The van der Waals surface area contributed by atoms with Crippen molar-refractivity contribution in [1.82, 2.24) is 24.8 Å². The number of nitrogens with one attached hydrogen (secondary N) is 1. The molecule has 1 amide bonds. The van der Waals surface area contributed by atoms with Gasteiger partial charge in [0, 0.05) is 42.5 Å². The minimum absolute atomic E-state index is 0.0461. The zero-order chi connectivity index (χ0) is 24.9. The molecule has 1 aromatic carbocycles. The fourth-order valence-corrected chi connectivity index (χ4v) is 4.08. The fourth-order valence-electron chi connectivity index (χ4n) is 4.08. The van der Waals surface area contributed by atoms with Gasteiger partial charge in [0.25, 0.3) is 11.7 Å². The molecule has 0 atom stereocenters. The molecule has 1 aliphatic rings. The lowest BCUT2D eigenvalue weighted by atomic mass is 10.0. The van der Waals surface area contributed by atoms with Gasteiger partial charge in [-0.3, -0.25) is 9.78 Å². The molecule has 0 saturated heterocycles. The van der Waals surface area contributed by atoms with Gasteiger partial charge >= 0.3 is 6.18 Å². The van der Waals surface area contributed by atoms with Crippen LogP contribution in [0.25, 0.3) is 5.65 Å². The normalized spacial score (nSPS) is 13.7. The molecule has 8 nitrogen and oxygen atoms in total. The van der Waals surface area contributed by atoms with Crippen molar-refractivity contribution in [2.75, 3.05) is 16.8 Å². The Hall–Kier alpha value is -4.09. The molecule has 1 N–H and O–H groups in total. The van der Waals surface area contributed by atoms with Gasteiger partial charge in [-0.1, -0.05) is 12.1 Å². The molecule has 12 heteroatoms. The van der Waals surface area contributed by atoms with Gasteiger partial charge in [0.1, 0.15) is 5.82 Å². The highest BCUT2D eigenvalue weighted by Gasteiger charge is 2.38. The number of carbonyl (C=O) groups excluding carboxylic acids is 1. The SMILES string of the molecule is Cc1c(N2CCc3ncc(C(=O)Nc4ccccc4F)cc3C2)nn2c(C(F)(F)F)nnc2c1C. The summed E-state index contributed by atoms with van der Waals surface area (Å²) in [7, 11) is 0. The number of aryl methyl sites for hydroxylation is 1. The molecule has 0 bridgehead atoms. The summed E-state index contributed by atoms with van der Waals surface area (Å²) in [5.41, 5.74) is 3.07. The maximum Gasteiger partial charge on any atom is 0.453 e. The molecular weight excluding hydrogens is 466 g/mol. The van der Waals surface area contributed by atoms with E-state index in [2.05, 4.69) is 25.6 Å². The molecule has 3 aromatic heterocycles. The molecule has 4 heterocycles. The van der Waals surface area contributed by atoms with Gasteiger partial charge < -0.3 is 10.2 Å². The Bertz CT molecular complexity index is 1460. The highest BCUT2D eigenvalue weighted by atomic mass is 19.4. The molecule has 0 saturated carbocycles. The zero-order valence-electron chi connectivity index (χ0n) is 18.7. The summed E-state index contributed by atoms with van der Waals surface area (Å²) in [5.74, 6) is -1.90. The molecule has 0 radical (unpaired) electrons. The highest BCUT2D eigenvalue weighted by Crippen LogP contribution is 2.32. The predicted molar refractivity (Wildman–Crippen MR) is 119 cm³/mol. The molecule has 0 aliphatic carbocycles. The average molecular weight is 485 g/mol. The van der Waals surface area contributed by atoms with Crippen molar-refractivity contribution in [2.24, 2.45) is 0 Å². The van der Waals surface area contributed by atoms with Crippen LogP contribution >= 0.6 is 0 Å². The number of para-hydroxylation sites is 1. The van der Waals surface area contributed by atoms with E-state index in [0.717, 1.165) is 15.8 Å². The van der Waals surface area contributed by atoms with Crippen molar-refractivity contribution in [3.63, 3.8) is 0 Å². The number of nitrogens with zero attached hydrogens (tertiary/aromatic N) is 6. The van der Waals surface area contributed by atoms with Crippen molar-refractivity contribution in [3.05, 3.63) is 76.1 Å². The second-order valence-electron chi connectivity index (χ2n) is 8.27. The molecule has 0 spiro atoms. The van der Waals surface area contributed by atoms with E-state index in [0.29, 0.717) is 29.9 Å². The Kier molecular flexibility index (Phi) is 5.37. The lowest BCUT2D eigenvalue weighted by Gasteiger charge is -2.30. The van der Waals surface area contributed by atoms with Crippen LogP contribution in [-0.4, -0.2) is 37.2 Å². The lowest BCUT2D eigenvalue weighted by Crippen LogP contribution is -2.33. The first-order valence-electron chi connectivity index (χ1n) is 10.7. The molecule has 1 aliphatic heterocycles. The van der Waals surface area contributed by atoms with Crippen molar-refractivity contribution in [1.29, 1.82) is 0 Å². The number of hydrogen-bond donors (Lipinski definition) is 1. The van der Waals surface area contributed by atoms with E-state index < -0.39 is 23.7 Å². The smallest absolute Gasteiger partial charge is 0.350 e. The van der Waals surface area contributed by atoms with E-state index in [9.17, 15) is 22.4 Å². The lowest BCUT2D eigenvalue weighted by molar-refractivity contribution is -0.146. The standard InChI is InChI=1S/C23H19F4N7O/c1-12-13(2)20(32-34-19(12)30-31-22(34)23(25,26)27)33-8-7-17-15(11-33)9-14(10-28-17)21(35)29-18-6-4-3-5-16(18)24/h3-6,9-10H,7-8,11H2,1-2H3,(H,29,35). The van der Waals surface area contributed by atoms with E-state index in [1.165, 1.54) is 24.4 Å². The third-order valence-corrected chi connectivity index (χ3v) is 6.05. The number of fused-ring (bicyclic) bond motifs is 2. The van der Waals surface area contributed by atoms with Gasteiger partial charge in [0.2, 0.25) is 0 Å². The second kappa shape index (κ2) is 8.29. The molecule has 0 unspecified atom stereocenters. The molecule has 35 heavy (non-hydrogen) atoms. The third-order valence-electron chi connectivity index (χ3n) is 6.05. The minimum Gasteiger partial charge on any atom is -0.350 e. The molecule has 0 fully saturated rings. The van der Waals surface area contributed by atoms with Crippen LogP contribution in [0.4, 0.5) is 29.1 Å². The van der Waals surface area contributed by atoms with Crippen LogP contribution in [0.1, 0.15) is 38.6 Å². The first-order chi connectivity index (χ1) is 16.6. The van der Waals surface area contributed by atoms with E-state index >= 15 is 0 Å². The topological polar surface area (TPSA) is 88.3 Å². The number of pyridine rings is 1. The number of aromatic nitrogens is 5. The number of halogens is 4. The largest absolute Gasteiger partial charge is 0.453 e. The number of anilines is 2. The number of benzene rings is 1. The zero-order valence-corrected chi connectivity index (χ0v) is 18.7. The quantitative estimate of drug-likeness (QED) is 0.440. The van der Waals surface area contributed by atoms with E-state index in [4.69, 9.17) is 0 Å². The summed E-state index contributed by atoms with van der Waals surface area (Å²) >= 11 is 0. The predicted octanol–water partition coefficient (Wildman–Crippen LogP) is 4.11. The van der Waals surface area contributed by atoms with Gasteiger partial charge in [0.05, 0.1) is 11.3 Å². The van der Waals surface area contributed by atoms with Crippen molar-refractivity contribution in [2.45, 2.75) is 33.0 Å². The molecule has 4 aromatic rings. The number of carbonyl (C=O) groups is 1. The van der Waals surface area contributed by atoms with Crippen LogP contribution in [0.2, 0.25) is 0 Å². The Labute approximate surface area is 196 Å². The fraction of sp³-hybridized carbons (Fsp3) is 0.261. The molecule has 5 rings (SSSR count). The average Bonchev–Trinajstić information content (AvgIpc) is 3.27. The molecule has 180 valence electrons. The number of hydrogen-bond acceptors (Lipinski definition) is 6. The first kappa shape index (κ1) is 22.7. The van der Waals surface area contributed by atoms with Crippen LogP contribution in [0, 0.1) is 19.7 Å². The summed E-state index contributed by atoms with van der Waals surface area (Å²) in [6.07, 6.45) is -2.77. The summed E-state index contributed by atoms with van der Waals surface area (Å²) < 4.78 is 54.9. The number of alkyl halides is 3. The van der Waals surface area contributed by atoms with Gasteiger partial charge in [-0.05, 0) is 37.6 Å². The summed E-state index contributed by atoms with van der Waals surface area (Å²) in [4.78, 5) is 18.9. The van der Waals surface area contributed by atoms with E-state index in [1.54, 1.807) is 26.0 Å². The maximum absolute atomic E-state index is 13.9. The maximum atomic E-state index is 13.9. The monoisotopic (exact) mass is 485 g/mol. The summed E-state index contributed by atoms with van der Waals surface area (Å²) in [6.45, 7) is 4.20. The van der Waals surface area contributed by atoms with E-state index in [-0.39, 0.29) is 23.4 Å². The van der Waals surface area contributed by atoms with E-state index in [1.807, 2.05) is 4.90 Å². The van der Waals surface area contributed by atoms with Crippen molar-refractivity contribution in [3.8, 4) is 0 Å². The van der Waals surface area contributed by atoms with Crippen LogP contribution < -0.4 is 10.2 Å². The van der Waals surface area contributed by atoms with Gasteiger partial charge in [-0.15, -0.1) is 15.3 Å². The van der Waals surface area contributed by atoms with Crippen LogP contribution in [0.3, 0.4) is 0 Å². The number of rotatable bonds is 3. The summed E-state index contributed by atoms with van der Waals surface area (Å²) in [5, 5.41) is 13.7. The molecular formula is C23H19F4N7O. The van der Waals surface area contributed by atoms with Gasteiger partial charge in [-0.2, -0.15) is 17.7 Å². The first-order valence-corrected chi connectivity index (χ1v) is 10.7. The van der Waals surface area contributed by atoms with Crippen molar-refractivity contribution >= 4 is 23.1 Å².